The Hall–Kier alpha value is -2.63. The molecule has 0 saturated carbocycles. The molecule has 106 valence electrons. The van der Waals surface area contributed by atoms with Crippen molar-refractivity contribution in [2.75, 3.05) is 6.54 Å². The van der Waals surface area contributed by atoms with Crippen LogP contribution in [0, 0.1) is 6.92 Å². The first kappa shape index (κ1) is 12.1. The average molecular weight is 281 g/mol. The molecule has 1 N–H and O–H groups in total. The molecule has 0 unspecified atom stereocenters. The van der Waals surface area contributed by atoms with E-state index in [1.807, 2.05) is 36.2 Å². The summed E-state index contributed by atoms with van der Waals surface area (Å²) in [7, 11) is 0. The van der Waals surface area contributed by atoms with E-state index in [0.717, 1.165) is 28.9 Å². The van der Waals surface area contributed by atoms with Gasteiger partial charge in [-0.1, -0.05) is 0 Å². The zero-order valence-electron chi connectivity index (χ0n) is 11.7. The topological polar surface area (TPSA) is 66.3 Å². The number of amides is 1. The fourth-order valence-corrected chi connectivity index (χ4v) is 2.84. The van der Waals surface area contributed by atoms with Gasteiger partial charge in [0.25, 0.3) is 5.91 Å². The lowest BCUT2D eigenvalue weighted by Gasteiger charge is -2.26. The summed E-state index contributed by atoms with van der Waals surface area (Å²) in [5, 5.41) is 11.4. The monoisotopic (exact) mass is 281 g/mol. The Bertz CT molecular complexity index is 832. The number of hydrogen-bond donors (Lipinski definition) is 1. The number of aryl methyl sites for hydroxylation is 1. The number of aromatic amines is 1. The van der Waals surface area contributed by atoms with Gasteiger partial charge in [0.15, 0.2) is 0 Å². The summed E-state index contributed by atoms with van der Waals surface area (Å²) in [6.07, 6.45) is 4.35. The number of fused-ring (bicyclic) bond motifs is 2. The van der Waals surface area contributed by atoms with Crippen molar-refractivity contribution in [3.63, 3.8) is 0 Å². The summed E-state index contributed by atoms with van der Waals surface area (Å²) in [6.45, 7) is 3.33. The Morgan fingerprint density at radius 1 is 1.38 bits per heavy atom. The smallest absolute Gasteiger partial charge is 0.254 e. The van der Waals surface area contributed by atoms with Gasteiger partial charge in [-0.25, -0.2) is 4.52 Å². The first-order valence-electron chi connectivity index (χ1n) is 6.98. The minimum atomic E-state index is 0.0601. The van der Waals surface area contributed by atoms with Crippen molar-refractivity contribution in [2.24, 2.45) is 0 Å². The predicted octanol–water partition coefficient (Wildman–Crippen LogP) is 1.56. The molecule has 0 aliphatic carbocycles. The van der Waals surface area contributed by atoms with E-state index in [0.29, 0.717) is 18.7 Å². The van der Waals surface area contributed by atoms with Gasteiger partial charge in [0.05, 0.1) is 11.2 Å². The minimum Gasteiger partial charge on any atom is -0.334 e. The molecule has 0 bridgehead atoms. The van der Waals surface area contributed by atoms with Gasteiger partial charge in [-0.3, -0.25) is 9.89 Å². The second-order valence-corrected chi connectivity index (χ2v) is 5.37. The van der Waals surface area contributed by atoms with Gasteiger partial charge in [-0.15, -0.1) is 0 Å². The number of hydrogen-bond acceptors (Lipinski definition) is 3. The van der Waals surface area contributed by atoms with Crippen molar-refractivity contribution in [2.45, 2.75) is 19.9 Å². The standard InChI is InChI=1S/C15H15N5O/c1-10-13-9-19(6-4-14(13)18-17-10)15(21)11-3-7-20-12(8-11)2-5-16-20/h2-3,5,7-8H,4,6,9H2,1H3,(H,17,18). The molecule has 3 aromatic heterocycles. The third-order valence-electron chi connectivity index (χ3n) is 4.06. The van der Waals surface area contributed by atoms with Crippen LogP contribution in [-0.2, 0) is 13.0 Å². The van der Waals surface area contributed by atoms with Crippen LogP contribution in [0.2, 0.25) is 0 Å². The van der Waals surface area contributed by atoms with Gasteiger partial charge in [-0.2, -0.15) is 10.2 Å². The largest absolute Gasteiger partial charge is 0.334 e. The molecule has 1 aliphatic heterocycles. The molecular weight excluding hydrogens is 266 g/mol. The number of aromatic nitrogens is 4. The zero-order valence-corrected chi connectivity index (χ0v) is 11.7. The van der Waals surface area contributed by atoms with E-state index in [-0.39, 0.29) is 5.91 Å². The first-order valence-corrected chi connectivity index (χ1v) is 6.98. The maximum absolute atomic E-state index is 12.7. The molecule has 6 nitrogen and oxygen atoms in total. The number of carbonyl (C=O) groups excluding carboxylic acids is 1. The molecule has 6 heteroatoms. The van der Waals surface area contributed by atoms with E-state index in [1.165, 1.54) is 0 Å². The maximum Gasteiger partial charge on any atom is 0.254 e. The summed E-state index contributed by atoms with van der Waals surface area (Å²) in [4.78, 5) is 14.6. The number of H-pyrrole nitrogens is 1. The molecule has 4 rings (SSSR count). The van der Waals surface area contributed by atoms with E-state index in [1.54, 1.807) is 10.7 Å². The number of rotatable bonds is 1. The van der Waals surface area contributed by atoms with Gasteiger partial charge in [0.2, 0.25) is 0 Å². The molecule has 1 aliphatic rings. The molecule has 4 heterocycles. The van der Waals surface area contributed by atoms with E-state index < -0.39 is 0 Å². The summed E-state index contributed by atoms with van der Waals surface area (Å²) < 4.78 is 1.76. The Kier molecular flexibility index (Phi) is 2.57. The number of nitrogens with one attached hydrogen (secondary N) is 1. The van der Waals surface area contributed by atoms with E-state index >= 15 is 0 Å². The van der Waals surface area contributed by atoms with Crippen molar-refractivity contribution >= 4 is 11.4 Å². The van der Waals surface area contributed by atoms with E-state index in [2.05, 4.69) is 15.3 Å². The average Bonchev–Trinajstić information content (AvgIpc) is 3.12. The lowest BCUT2D eigenvalue weighted by Crippen LogP contribution is -2.36. The van der Waals surface area contributed by atoms with Crippen molar-refractivity contribution in [3.05, 3.63) is 53.1 Å². The Balaban J connectivity index is 1.64. The molecule has 1 amide bonds. The van der Waals surface area contributed by atoms with Crippen molar-refractivity contribution < 1.29 is 4.79 Å². The number of nitrogens with zero attached hydrogens (tertiary/aromatic N) is 4. The van der Waals surface area contributed by atoms with Gasteiger partial charge >= 0.3 is 0 Å². The normalized spacial score (nSPS) is 14.4. The lowest BCUT2D eigenvalue weighted by molar-refractivity contribution is 0.0734. The molecular formula is C15H15N5O. The third kappa shape index (κ3) is 1.91. The van der Waals surface area contributed by atoms with Crippen LogP contribution >= 0.6 is 0 Å². The van der Waals surface area contributed by atoms with Crippen molar-refractivity contribution in [1.82, 2.24) is 24.7 Å². The van der Waals surface area contributed by atoms with Gasteiger partial charge in [0.1, 0.15) is 0 Å². The Morgan fingerprint density at radius 3 is 3.19 bits per heavy atom. The summed E-state index contributed by atoms with van der Waals surface area (Å²) in [5.41, 5.74) is 4.92. The fourth-order valence-electron chi connectivity index (χ4n) is 2.84. The summed E-state index contributed by atoms with van der Waals surface area (Å²) in [5.74, 6) is 0.0601. The summed E-state index contributed by atoms with van der Waals surface area (Å²) >= 11 is 0. The van der Waals surface area contributed by atoms with Gasteiger partial charge in [0, 0.05) is 48.7 Å². The van der Waals surface area contributed by atoms with E-state index in [4.69, 9.17) is 0 Å². The lowest BCUT2D eigenvalue weighted by atomic mass is 10.0. The van der Waals surface area contributed by atoms with Gasteiger partial charge in [-0.05, 0) is 25.1 Å². The molecule has 21 heavy (non-hydrogen) atoms. The van der Waals surface area contributed by atoms with Crippen LogP contribution in [0.4, 0.5) is 0 Å². The molecule has 0 saturated heterocycles. The second-order valence-electron chi connectivity index (χ2n) is 5.37. The first-order chi connectivity index (χ1) is 10.2. The molecule has 3 aromatic rings. The highest BCUT2D eigenvalue weighted by atomic mass is 16.2. The maximum atomic E-state index is 12.7. The van der Waals surface area contributed by atoms with Crippen LogP contribution in [-0.4, -0.2) is 37.2 Å². The van der Waals surface area contributed by atoms with Crippen LogP contribution in [0.5, 0.6) is 0 Å². The quantitative estimate of drug-likeness (QED) is 0.736. The van der Waals surface area contributed by atoms with E-state index in [9.17, 15) is 4.79 Å². The number of carbonyl (C=O) groups is 1. The molecule has 0 radical (unpaired) electrons. The predicted molar refractivity (Wildman–Crippen MR) is 77.0 cm³/mol. The Labute approximate surface area is 121 Å². The number of pyridine rings is 1. The second kappa shape index (κ2) is 4.44. The van der Waals surface area contributed by atoms with Crippen LogP contribution in [0.3, 0.4) is 0 Å². The molecule has 0 atom stereocenters. The molecule has 0 fully saturated rings. The SMILES string of the molecule is Cc1[nH]nc2c1CN(C(=O)c1ccn3nccc3c1)CC2. The minimum absolute atomic E-state index is 0.0601. The molecule has 0 spiro atoms. The van der Waals surface area contributed by atoms with Crippen LogP contribution in [0.25, 0.3) is 5.52 Å². The zero-order chi connectivity index (χ0) is 14.4. The fraction of sp³-hybridized carbons (Fsp3) is 0.267. The molecule has 0 aromatic carbocycles. The summed E-state index contributed by atoms with van der Waals surface area (Å²) in [6, 6.07) is 5.60. The highest BCUT2D eigenvalue weighted by molar-refractivity contribution is 5.95. The van der Waals surface area contributed by atoms with Crippen LogP contribution in [0.1, 0.15) is 27.3 Å². The van der Waals surface area contributed by atoms with Crippen molar-refractivity contribution in [3.8, 4) is 0 Å². The highest BCUT2D eigenvalue weighted by Crippen LogP contribution is 2.21. The highest BCUT2D eigenvalue weighted by Gasteiger charge is 2.24. The van der Waals surface area contributed by atoms with Crippen molar-refractivity contribution in [1.29, 1.82) is 0 Å². The van der Waals surface area contributed by atoms with Crippen LogP contribution < -0.4 is 0 Å². The van der Waals surface area contributed by atoms with Gasteiger partial charge < -0.3 is 4.90 Å². The van der Waals surface area contributed by atoms with Crippen LogP contribution in [0.15, 0.2) is 30.6 Å². The Morgan fingerprint density at radius 2 is 2.29 bits per heavy atom. The third-order valence-corrected chi connectivity index (χ3v) is 4.06.